The highest BCUT2D eigenvalue weighted by atomic mass is 32.1. The second-order valence-corrected chi connectivity index (χ2v) is 19.2. The van der Waals surface area contributed by atoms with Crippen LogP contribution in [0.15, 0.2) is 73.4 Å². The number of pyridine rings is 1. The van der Waals surface area contributed by atoms with E-state index in [1.54, 1.807) is 23.1 Å². The van der Waals surface area contributed by atoms with E-state index < -0.39 is 35.4 Å². The summed E-state index contributed by atoms with van der Waals surface area (Å²) in [5.74, 6) is -1.97. The standard InChI is InChI=1S/C52H65N7O7.5H2S/c1-7-45(60)56-26-22-37(31-56)49(62)58-24-11-9-10-19-44(58)48(61)54-42-28-34-15-12-16-35(27-34)36-20-21-43-39(29-36)40(47(57(43)8-2)38-17-13-23-53-46(38)33(3)65-6)30-52(4,5)32-66-51(64)41-18-14-25-59(55-41)50(42)63;;;;;/h7,12-13,15-17,20-21,23,27,29,33,37,41-42,44,55H,1,8-11,14,18-19,22,24-26,28,30-32H2,2-6H3,(H,54,61);5*1H2/t33-,37-,41-,42-,44-;;;;;/m0...../s1. The van der Waals surface area contributed by atoms with Gasteiger partial charge in [0.25, 0.3) is 5.91 Å². The molecule has 0 saturated carbocycles. The van der Waals surface area contributed by atoms with Crippen molar-refractivity contribution in [1.82, 2.24) is 35.1 Å². The first-order chi connectivity index (χ1) is 31.8. The van der Waals surface area contributed by atoms with E-state index >= 15 is 0 Å². The summed E-state index contributed by atoms with van der Waals surface area (Å²) < 4.78 is 14.3. The number of nitrogens with one attached hydrogen (secondary N) is 2. The van der Waals surface area contributed by atoms with Crippen LogP contribution in [0.3, 0.4) is 0 Å². The van der Waals surface area contributed by atoms with Crippen molar-refractivity contribution in [2.75, 3.05) is 39.9 Å². The third-order valence-electron chi connectivity index (χ3n) is 14.0. The zero-order chi connectivity index (χ0) is 46.7. The van der Waals surface area contributed by atoms with Gasteiger partial charge < -0.3 is 29.2 Å². The molecule has 0 aliphatic carbocycles. The number of amides is 4. The number of ether oxygens (including phenoxy) is 2. The number of esters is 1. The molecule has 3 saturated heterocycles. The molecule has 6 bridgehead atoms. The van der Waals surface area contributed by atoms with E-state index in [-0.39, 0.29) is 117 Å². The van der Waals surface area contributed by atoms with Crippen LogP contribution in [0.1, 0.15) is 95.6 Å². The number of carbonyl (C=O) groups excluding carboxylic acids is 5. The lowest BCUT2D eigenvalue weighted by atomic mass is 9.84. The Labute approximate surface area is 454 Å². The predicted molar refractivity (Wildman–Crippen MR) is 304 cm³/mol. The zero-order valence-electron chi connectivity index (χ0n) is 41.6. The smallest absolute Gasteiger partial charge is 0.324 e. The summed E-state index contributed by atoms with van der Waals surface area (Å²) in [5.41, 5.74) is 10.6. The minimum Gasteiger partial charge on any atom is -0.464 e. The van der Waals surface area contributed by atoms with Crippen LogP contribution in [0, 0.1) is 11.3 Å². The van der Waals surface area contributed by atoms with Gasteiger partial charge in [0.15, 0.2) is 0 Å². The normalized spacial score (nSPS) is 21.5. The van der Waals surface area contributed by atoms with Crippen LogP contribution in [0.5, 0.6) is 0 Å². The number of cyclic esters (lactones) is 1. The van der Waals surface area contributed by atoms with Gasteiger partial charge in [-0.15, -0.1) is 0 Å². The van der Waals surface area contributed by atoms with Crippen molar-refractivity contribution in [2.45, 2.75) is 116 Å². The Kier molecular flexibility index (Phi) is 23.0. The van der Waals surface area contributed by atoms with Crippen LogP contribution < -0.4 is 10.7 Å². The van der Waals surface area contributed by atoms with Crippen molar-refractivity contribution >= 4 is 108 Å². The molecule has 4 amide bonds. The van der Waals surface area contributed by atoms with E-state index in [0.29, 0.717) is 58.3 Å². The molecule has 4 aliphatic heterocycles. The Bertz CT molecular complexity index is 2520. The van der Waals surface area contributed by atoms with Crippen LogP contribution in [0.25, 0.3) is 33.3 Å². The number of hydrazine groups is 1. The fourth-order valence-electron chi connectivity index (χ4n) is 10.4. The van der Waals surface area contributed by atoms with Gasteiger partial charge in [-0.1, -0.05) is 63.6 Å². The van der Waals surface area contributed by atoms with Crippen molar-refractivity contribution in [3.05, 3.63) is 90.3 Å². The number of rotatable bonds is 8. The minimum atomic E-state index is -1.02. The van der Waals surface area contributed by atoms with Crippen LogP contribution >= 0.6 is 67.5 Å². The summed E-state index contributed by atoms with van der Waals surface area (Å²) in [6.45, 7) is 14.3. The number of nitrogens with zero attached hydrogens (tertiary/aromatic N) is 5. The number of carbonyl (C=O) groups is 5. The maximum absolute atomic E-state index is 14.8. The summed E-state index contributed by atoms with van der Waals surface area (Å²) in [6, 6.07) is 16.1. The molecule has 6 heterocycles. The van der Waals surface area contributed by atoms with Crippen molar-refractivity contribution in [3.63, 3.8) is 0 Å². The number of aromatic nitrogens is 2. The first-order valence-corrected chi connectivity index (χ1v) is 23.8. The second kappa shape index (κ2) is 26.7. The van der Waals surface area contributed by atoms with Crippen molar-refractivity contribution < 1.29 is 33.4 Å². The Morgan fingerprint density at radius 2 is 1.70 bits per heavy atom. The van der Waals surface area contributed by atoms with Crippen LogP contribution in [0.4, 0.5) is 0 Å². The quantitative estimate of drug-likeness (QED) is 0.139. The van der Waals surface area contributed by atoms with Gasteiger partial charge in [0, 0.05) is 74.3 Å². The monoisotopic (exact) mass is 1070 g/mol. The van der Waals surface area contributed by atoms with Gasteiger partial charge in [-0.2, -0.15) is 67.5 Å². The number of benzene rings is 2. The maximum Gasteiger partial charge on any atom is 0.324 e. The lowest BCUT2D eigenvalue weighted by molar-refractivity contribution is -0.155. The number of aryl methyl sites for hydroxylation is 1. The van der Waals surface area contributed by atoms with E-state index in [9.17, 15) is 24.0 Å². The Morgan fingerprint density at radius 3 is 2.44 bits per heavy atom. The van der Waals surface area contributed by atoms with E-state index in [4.69, 9.17) is 14.5 Å². The number of fused-ring (bicyclic) bond motifs is 6. The molecule has 14 nitrogen and oxygen atoms in total. The van der Waals surface area contributed by atoms with E-state index in [1.165, 1.54) is 11.1 Å². The molecule has 0 spiro atoms. The average Bonchev–Trinajstić information content (AvgIpc) is 3.85. The SMILES string of the molecule is C=CC(=O)N1CC[C@H](C(=O)N2CCCCC[C@H]2C(=O)N[C@H]2Cc3cccc(c3)-c3ccc4c(c3)c(c(-c3cccnc3[C@H](C)OC)n4CC)CC(C)(C)COC(=O)[C@@H]3CCCN(N3)C2=O)C1.S.S.S.S.S. The topological polar surface area (TPSA) is 155 Å². The maximum atomic E-state index is 14.8. The summed E-state index contributed by atoms with van der Waals surface area (Å²) in [6.07, 6.45) is 7.99. The average molecular weight is 1070 g/mol. The summed E-state index contributed by atoms with van der Waals surface area (Å²) in [7, 11) is 1.69. The molecule has 2 aromatic carbocycles. The van der Waals surface area contributed by atoms with Gasteiger partial charge in [0.05, 0.1) is 30.0 Å². The molecular formula is C52H75N7O7S5. The molecule has 71 heavy (non-hydrogen) atoms. The van der Waals surface area contributed by atoms with Crippen LogP contribution in [-0.2, 0) is 52.8 Å². The van der Waals surface area contributed by atoms with Gasteiger partial charge in [-0.25, -0.2) is 5.43 Å². The third-order valence-corrected chi connectivity index (χ3v) is 14.0. The molecule has 0 radical (unpaired) electrons. The molecule has 2 N–H and O–H groups in total. The number of likely N-dealkylation sites (tertiary alicyclic amines) is 2. The molecular weight excluding hydrogens is 995 g/mol. The first-order valence-electron chi connectivity index (χ1n) is 23.8. The van der Waals surface area contributed by atoms with Crippen LogP contribution in [-0.4, -0.2) is 112 Å². The molecule has 8 rings (SSSR count). The van der Waals surface area contributed by atoms with E-state index in [1.807, 2.05) is 25.1 Å². The number of methoxy groups -OCH3 is 1. The van der Waals surface area contributed by atoms with Crippen molar-refractivity contribution in [2.24, 2.45) is 11.3 Å². The van der Waals surface area contributed by atoms with E-state index in [2.05, 4.69) is 79.1 Å². The van der Waals surface area contributed by atoms with Gasteiger partial charge in [-0.3, -0.25) is 34.0 Å². The van der Waals surface area contributed by atoms with Crippen molar-refractivity contribution in [1.29, 1.82) is 0 Å². The number of hydrogen-bond acceptors (Lipinski definition) is 9. The Balaban J connectivity index is 0.00000266. The minimum absolute atomic E-state index is 0. The number of hydrogen-bond donors (Lipinski definition) is 2. The largest absolute Gasteiger partial charge is 0.464 e. The zero-order valence-corrected chi connectivity index (χ0v) is 46.6. The predicted octanol–water partition coefficient (Wildman–Crippen LogP) is 7.12. The van der Waals surface area contributed by atoms with Gasteiger partial charge in [0.1, 0.15) is 18.1 Å². The molecule has 0 unspecified atom stereocenters. The Hall–Kier alpha value is -4.11. The lowest BCUT2D eigenvalue weighted by Crippen LogP contribution is -2.62. The molecule has 2 aromatic heterocycles. The van der Waals surface area contributed by atoms with Gasteiger partial charge >= 0.3 is 5.97 Å². The van der Waals surface area contributed by atoms with Crippen molar-refractivity contribution in [3.8, 4) is 22.4 Å². The second-order valence-electron chi connectivity index (χ2n) is 19.2. The molecule has 390 valence electrons. The van der Waals surface area contributed by atoms with Gasteiger partial charge in [-0.05, 0) is 105 Å². The molecule has 19 heteroatoms. The highest BCUT2D eigenvalue weighted by molar-refractivity contribution is 7.60. The summed E-state index contributed by atoms with van der Waals surface area (Å²) in [4.78, 5) is 78.0. The molecule has 5 atom stereocenters. The summed E-state index contributed by atoms with van der Waals surface area (Å²) >= 11 is 0. The van der Waals surface area contributed by atoms with Crippen LogP contribution in [0.2, 0.25) is 0 Å². The lowest BCUT2D eigenvalue weighted by Gasteiger charge is -2.36. The first kappa shape index (κ1) is 61.2. The van der Waals surface area contributed by atoms with E-state index in [0.717, 1.165) is 69.4 Å². The highest BCUT2D eigenvalue weighted by Crippen LogP contribution is 2.42. The molecule has 4 aliphatic rings. The summed E-state index contributed by atoms with van der Waals surface area (Å²) in [5, 5.41) is 5.67. The third kappa shape index (κ3) is 13.4. The van der Waals surface area contributed by atoms with Gasteiger partial charge in [0.2, 0.25) is 17.7 Å². The fourth-order valence-corrected chi connectivity index (χ4v) is 10.4. The Morgan fingerprint density at radius 1 is 0.944 bits per heavy atom. The highest BCUT2D eigenvalue weighted by Gasteiger charge is 2.41. The molecule has 3 fully saturated rings. The molecule has 4 aromatic rings. The fraction of sp³-hybridized carbons (Fsp3) is 0.500.